The normalized spacial score (nSPS) is 11.7. The minimum absolute atomic E-state index is 0.252. The molecule has 5 aromatic rings. The molecule has 1 heterocycles. The van der Waals surface area contributed by atoms with E-state index in [0.717, 1.165) is 32.3 Å². The van der Waals surface area contributed by atoms with Gasteiger partial charge in [0.1, 0.15) is 24.2 Å². The average Bonchev–Trinajstić information content (AvgIpc) is 3.41. The van der Waals surface area contributed by atoms with Gasteiger partial charge >= 0.3 is 5.97 Å². The van der Waals surface area contributed by atoms with Gasteiger partial charge in [-0.2, -0.15) is 0 Å². The fraction of sp³-hybridized carbons (Fsp3) is 0.125. The Bertz CT molecular complexity index is 1630. The van der Waals surface area contributed by atoms with Crippen molar-refractivity contribution in [2.24, 2.45) is 0 Å². The Balaban J connectivity index is 1.25. The topological polar surface area (TPSA) is 64.6 Å². The van der Waals surface area contributed by atoms with Crippen LogP contribution in [0.1, 0.15) is 20.8 Å². The number of nitrogens with one attached hydrogen (secondary N) is 1. The summed E-state index contributed by atoms with van der Waals surface area (Å²) in [5, 5.41) is 4.44. The van der Waals surface area contributed by atoms with E-state index in [-0.39, 0.29) is 18.1 Å². The van der Waals surface area contributed by atoms with Gasteiger partial charge in [-0.05, 0) is 82.2 Å². The van der Waals surface area contributed by atoms with E-state index in [4.69, 9.17) is 21.1 Å². The number of halogens is 2. The summed E-state index contributed by atoms with van der Waals surface area (Å²) in [6.07, 6.45) is 0.252. The molecule has 0 spiro atoms. The van der Waals surface area contributed by atoms with Gasteiger partial charge in [-0.25, -0.2) is 9.18 Å². The number of benzene rings is 4. The van der Waals surface area contributed by atoms with Crippen LogP contribution < -0.4 is 10.1 Å². The Morgan fingerprint density at radius 3 is 2.25 bits per heavy atom. The van der Waals surface area contributed by atoms with E-state index in [9.17, 15) is 14.0 Å². The molecule has 1 N–H and O–H groups in total. The molecule has 0 unspecified atom stereocenters. The quantitative estimate of drug-likeness (QED) is 0.186. The van der Waals surface area contributed by atoms with E-state index in [0.29, 0.717) is 22.3 Å². The number of hydrogen-bond acceptors (Lipinski definition) is 5. The number of carbonyl (C=O) groups is 2. The van der Waals surface area contributed by atoms with Gasteiger partial charge < -0.3 is 14.8 Å². The maximum Gasteiger partial charge on any atom is 0.328 e. The number of amides is 1. The zero-order chi connectivity index (χ0) is 28.1. The molecule has 0 radical (unpaired) electrons. The predicted octanol–water partition coefficient (Wildman–Crippen LogP) is 7.45. The Morgan fingerprint density at radius 2 is 1.55 bits per heavy atom. The molecule has 5 nitrogen and oxygen atoms in total. The van der Waals surface area contributed by atoms with Crippen molar-refractivity contribution in [1.82, 2.24) is 5.32 Å². The molecule has 8 heteroatoms. The highest BCUT2D eigenvalue weighted by molar-refractivity contribution is 7.20. The first kappa shape index (κ1) is 27.4. The molecule has 0 saturated carbocycles. The molecule has 1 amide bonds. The minimum Gasteiger partial charge on any atom is -0.489 e. The number of hydrogen-bond donors (Lipinski definition) is 1. The predicted molar refractivity (Wildman–Crippen MR) is 156 cm³/mol. The van der Waals surface area contributed by atoms with Crippen molar-refractivity contribution < 1.29 is 23.5 Å². The number of methoxy groups -OCH3 is 1. The molecule has 4 aromatic carbocycles. The van der Waals surface area contributed by atoms with Crippen LogP contribution in [0.3, 0.4) is 0 Å². The van der Waals surface area contributed by atoms with E-state index >= 15 is 0 Å². The van der Waals surface area contributed by atoms with E-state index in [1.54, 1.807) is 24.3 Å². The number of carbonyl (C=O) groups excluding carboxylic acids is 2. The molecular formula is C32H25ClFNO4S. The van der Waals surface area contributed by atoms with Gasteiger partial charge in [0.05, 0.1) is 12.0 Å². The molecule has 0 aliphatic heterocycles. The van der Waals surface area contributed by atoms with E-state index < -0.39 is 12.0 Å². The van der Waals surface area contributed by atoms with Crippen molar-refractivity contribution in [3.63, 3.8) is 0 Å². The highest BCUT2D eigenvalue weighted by Gasteiger charge is 2.24. The monoisotopic (exact) mass is 573 g/mol. The van der Waals surface area contributed by atoms with Gasteiger partial charge in [-0.3, -0.25) is 4.79 Å². The first-order chi connectivity index (χ1) is 19.4. The molecule has 40 heavy (non-hydrogen) atoms. The van der Waals surface area contributed by atoms with Gasteiger partial charge in [0.15, 0.2) is 0 Å². The van der Waals surface area contributed by atoms with Crippen LogP contribution in [0.5, 0.6) is 5.75 Å². The third-order valence-corrected chi connectivity index (χ3v) is 7.76. The number of ether oxygens (including phenoxy) is 2. The van der Waals surface area contributed by atoms with Gasteiger partial charge in [0.25, 0.3) is 5.91 Å². The smallest absolute Gasteiger partial charge is 0.328 e. The van der Waals surface area contributed by atoms with Gasteiger partial charge in [0, 0.05) is 16.1 Å². The van der Waals surface area contributed by atoms with Crippen molar-refractivity contribution >= 4 is 44.9 Å². The summed E-state index contributed by atoms with van der Waals surface area (Å²) in [6.45, 7) is 0.302. The summed E-state index contributed by atoms with van der Waals surface area (Å²) in [7, 11) is 1.30. The van der Waals surface area contributed by atoms with Crippen molar-refractivity contribution in [1.29, 1.82) is 0 Å². The second-order valence-electron chi connectivity index (χ2n) is 9.18. The SMILES string of the molecule is COC(=O)[C@H](Cc1ccc(OCc2ccc(F)cc2)cc1)NC(=O)c1cc2cc(-c3ccc(Cl)cc3)ccc2s1. The Morgan fingerprint density at radius 1 is 0.875 bits per heavy atom. The van der Waals surface area contributed by atoms with Crippen LogP contribution in [0.25, 0.3) is 21.2 Å². The molecule has 0 saturated heterocycles. The fourth-order valence-electron chi connectivity index (χ4n) is 4.25. The zero-order valence-corrected chi connectivity index (χ0v) is 23.1. The van der Waals surface area contributed by atoms with Crippen molar-refractivity contribution in [3.8, 4) is 16.9 Å². The molecule has 5 rings (SSSR count). The van der Waals surface area contributed by atoms with Crippen LogP contribution in [-0.4, -0.2) is 25.0 Å². The van der Waals surface area contributed by atoms with Gasteiger partial charge in [-0.1, -0.05) is 54.1 Å². The summed E-state index contributed by atoms with van der Waals surface area (Å²) < 4.78 is 24.8. The van der Waals surface area contributed by atoms with Crippen molar-refractivity contribution in [3.05, 3.63) is 124 Å². The molecule has 0 aliphatic rings. The Hall–Kier alpha value is -4.20. The Kier molecular flexibility index (Phi) is 8.43. The molecule has 1 aromatic heterocycles. The summed E-state index contributed by atoms with van der Waals surface area (Å²) in [4.78, 5) is 26.2. The third-order valence-electron chi connectivity index (χ3n) is 6.39. The average molecular weight is 574 g/mol. The second-order valence-corrected chi connectivity index (χ2v) is 10.7. The maximum absolute atomic E-state index is 13.2. The largest absolute Gasteiger partial charge is 0.489 e. The van der Waals surface area contributed by atoms with Crippen LogP contribution >= 0.6 is 22.9 Å². The molecular weight excluding hydrogens is 549 g/mol. The van der Waals surface area contributed by atoms with Crippen LogP contribution in [0.4, 0.5) is 4.39 Å². The number of thiophene rings is 1. The third kappa shape index (κ3) is 6.68. The first-order valence-electron chi connectivity index (χ1n) is 12.5. The Labute approximate surface area is 240 Å². The summed E-state index contributed by atoms with van der Waals surface area (Å²) in [6, 6.07) is 27.9. The highest BCUT2D eigenvalue weighted by atomic mass is 35.5. The lowest BCUT2D eigenvalue weighted by molar-refractivity contribution is -0.142. The van der Waals surface area contributed by atoms with Crippen LogP contribution in [-0.2, 0) is 22.6 Å². The number of fused-ring (bicyclic) bond motifs is 1. The maximum atomic E-state index is 13.2. The van der Waals surface area contributed by atoms with E-state index in [1.165, 1.54) is 30.6 Å². The summed E-state index contributed by atoms with van der Waals surface area (Å²) >= 11 is 7.37. The van der Waals surface area contributed by atoms with Gasteiger partial charge in [-0.15, -0.1) is 11.3 Å². The molecule has 0 aliphatic carbocycles. The lowest BCUT2D eigenvalue weighted by atomic mass is 10.0. The molecule has 202 valence electrons. The lowest BCUT2D eigenvalue weighted by Gasteiger charge is -2.16. The lowest BCUT2D eigenvalue weighted by Crippen LogP contribution is -2.42. The van der Waals surface area contributed by atoms with E-state index in [2.05, 4.69) is 5.32 Å². The molecule has 0 bridgehead atoms. The summed E-state index contributed by atoms with van der Waals surface area (Å²) in [5.41, 5.74) is 3.72. The van der Waals surface area contributed by atoms with Gasteiger partial charge in [0.2, 0.25) is 0 Å². The first-order valence-corrected chi connectivity index (χ1v) is 13.7. The van der Waals surface area contributed by atoms with Crippen LogP contribution in [0.15, 0.2) is 97.1 Å². The number of esters is 1. The number of rotatable bonds is 9. The fourth-order valence-corrected chi connectivity index (χ4v) is 5.32. The molecule has 1 atom stereocenters. The highest BCUT2D eigenvalue weighted by Crippen LogP contribution is 2.31. The zero-order valence-electron chi connectivity index (χ0n) is 21.5. The van der Waals surface area contributed by atoms with Crippen molar-refractivity contribution in [2.75, 3.05) is 7.11 Å². The standard InChI is InChI=1S/C32H25ClFNO4S/c1-38-32(37)28(16-20-4-13-27(14-5-20)39-19-21-2-11-26(34)12-3-21)35-31(36)30-18-24-17-23(8-15-29(24)40-30)22-6-9-25(33)10-7-22/h2-15,17-18,28H,16,19H2,1H3,(H,35,36)/t28-/m0/s1. The molecule has 0 fully saturated rings. The minimum atomic E-state index is -0.863. The van der Waals surface area contributed by atoms with Crippen molar-refractivity contribution in [2.45, 2.75) is 19.1 Å². The van der Waals surface area contributed by atoms with Crippen LogP contribution in [0.2, 0.25) is 5.02 Å². The van der Waals surface area contributed by atoms with Crippen LogP contribution in [0, 0.1) is 5.82 Å². The summed E-state index contributed by atoms with van der Waals surface area (Å²) in [5.74, 6) is -0.536. The second kappa shape index (κ2) is 12.3. The van der Waals surface area contributed by atoms with E-state index in [1.807, 2.05) is 60.7 Å².